The molecule has 2 aromatic carbocycles. The van der Waals surface area contributed by atoms with Crippen LogP contribution in [-0.2, 0) is 14.3 Å². The number of cyclic esters (lactones) is 2. The number of hydrogen-bond acceptors (Lipinski definition) is 3. The minimum Gasteiger partial charge on any atom is -0.393 e. The first-order valence-electron chi connectivity index (χ1n) is 8.86. The Bertz CT molecular complexity index is 848. The van der Waals surface area contributed by atoms with Gasteiger partial charge in [0.1, 0.15) is 0 Å². The fraction of sp³-hybridized carbons (Fsp3) is 0.364. The van der Waals surface area contributed by atoms with Crippen molar-refractivity contribution in [1.29, 1.82) is 0 Å². The van der Waals surface area contributed by atoms with Crippen molar-refractivity contribution in [3.63, 3.8) is 0 Å². The van der Waals surface area contributed by atoms with Gasteiger partial charge in [-0.3, -0.25) is 9.59 Å². The molecule has 1 aliphatic heterocycles. The van der Waals surface area contributed by atoms with Crippen LogP contribution in [0.1, 0.15) is 56.3 Å². The van der Waals surface area contributed by atoms with Crippen molar-refractivity contribution in [2.45, 2.75) is 39.5 Å². The fourth-order valence-corrected chi connectivity index (χ4v) is 5.12. The molecule has 1 saturated heterocycles. The Hall–Kier alpha value is -2.42. The van der Waals surface area contributed by atoms with Gasteiger partial charge in [0.25, 0.3) is 0 Å². The van der Waals surface area contributed by atoms with Gasteiger partial charge in [-0.05, 0) is 72.2 Å². The van der Waals surface area contributed by atoms with E-state index in [1.165, 1.54) is 44.5 Å². The lowest BCUT2D eigenvalue weighted by molar-refractivity contribution is -0.153. The van der Waals surface area contributed by atoms with Crippen LogP contribution in [0.15, 0.2) is 24.3 Å². The highest BCUT2D eigenvalue weighted by atomic mass is 16.6. The maximum atomic E-state index is 12.5. The number of ether oxygens (including phenoxy) is 1. The zero-order chi connectivity index (χ0) is 17.6. The number of rotatable bonds is 0. The predicted octanol–water partition coefficient (Wildman–Crippen LogP) is 3.83. The molecule has 1 heterocycles. The largest absolute Gasteiger partial charge is 0.393 e. The van der Waals surface area contributed by atoms with Gasteiger partial charge in [0, 0.05) is 11.8 Å². The van der Waals surface area contributed by atoms with Gasteiger partial charge in [-0.15, -0.1) is 0 Å². The Morgan fingerprint density at radius 1 is 0.600 bits per heavy atom. The summed E-state index contributed by atoms with van der Waals surface area (Å²) in [5.41, 5.74) is 9.73. The number of aryl methyl sites for hydroxylation is 4. The van der Waals surface area contributed by atoms with E-state index in [0.29, 0.717) is 0 Å². The lowest BCUT2D eigenvalue weighted by Crippen LogP contribution is -2.41. The van der Waals surface area contributed by atoms with Crippen molar-refractivity contribution >= 4 is 11.9 Å². The van der Waals surface area contributed by atoms with Gasteiger partial charge >= 0.3 is 11.9 Å². The molecule has 0 aromatic heterocycles. The van der Waals surface area contributed by atoms with Gasteiger partial charge in [0.05, 0.1) is 11.8 Å². The summed E-state index contributed by atoms with van der Waals surface area (Å²) >= 11 is 0. The molecule has 2 unspecified atom stereocenters. The number of carbonyl (C=O) groups is 2. The van der Waals surface area contributed by atoms with Gasteiger partial charge in [0.15, 0.2) is 0 Å². The smallest absolute Gasteiger partial charge is 0.318 e. The first-order chi connectivity index (χ1) is 11.9. The van der Waals surface area contributed by atoms with Crippen LogP contribution in [0.4, 0.5) is 0 Å². The Morgan fingerprint density at radius 2 is 0.880 bits per heavy atom. The van der Waals surface area contributed by atoms with Crippen molar-refractivity contribution in [2.24, 2.45) is 11.8 Å². The van der Waals surface area contributed by atoms with Gasteiger partial charge in [0.2, 0.25) is 0 Å². The predicted molar refractivity (Wildman–Crippen MR) is 93.6 cm³/mol. The zero-order valence-electron chi connectivity index (χ0n) is 14.8. The molecule has 0 saturated carbocycles. The number of hydrogen-bond donors (Lipinski definition) is 0. The highest BCUT2D eigenvalue weighted by Gasteiger charge is 2.60. The number of benzene rings is 2. The molecule has 0 N–H and O–H groups in total. The molecule has 3 heteroatoms. The van der Waals surface area contributed by atoms with E-state index in [2.05, 4.69) is 52.0 Å². The van der Waals surface area contributed by atoms with E-state index in [-0.39, 0.29) is 35.6 Å². The van der Waals surface area contributed by atoms with Gasteiger partial charge in [-0.2, -0.15) is 0 Å². The molecule has 2 atom stereocenters. The summed E-state index contributed by atoms with van der Waals surface area (Å²) < 4.78 is 5.09. The van der Waals surface area contributed by atoms with E-state index in [4.69, 9.17) is 4.74 Å². The van der Waals surface area contributed by atoms with Crippen LogP contribution in [0, 0.1) is 39.5 Å². The molecule has 2 aromatic rings. The standard InChI is InChI=1S/C22H20O3/c1-9-5-13-14(6-10(9)2)18-16-8-12(4)11(3)7-15(16)17(13)19-20(18)22(24)25-21(19)23/h5-8,17-20H,1-4H3. The quantitative estimate of drug-likeness (QED) is 0.544. The second kappa shape index (κ2) is 4.60. The Kier molecular flexibility index (Phi) is 2.74. The Labute approximate surface area is 147 Å². The minimum absolute atomic E-state index is 0.0717. The molecule has 0 spiro atoms. The summed E-state index contributed by atoms with van der Waals surface area (Å²) in [5.74, 6) is -1.59. The van der Waals surface area contributed by atoms with Gasteiger partial charge < -0.3 is 4.74 Å². The highest BCUT2D eigenvalue weighted by Crippen LogP contribution is 2.61. The van der Waals surface area contributed by atoms with Crippen LogP contribution in [0.3, 0.4) is 0 Å². The SMILES string of the molecule is Cc1cc2c(cc1C)C1c3cc(C)c(C)cc3C2C2C(=O)OC(=O)C12. The van der Waals surface area contributed by atoms with Crippen molar-refractivity contribution in [3.05, 3.63) is 68.8 Å². The van der Waals surface area contributed by atoms with Crippen LogP contribution in [0.5, 0.6) is 0 Å². The Balaban J connectivity index is 1.87. The Morgan fingerprint density at radius 3 is 1.16 bits per heavy atom. The molecule has 1 fully saturated rings. The molecule has 126 valence electrons. The van der Waals surface area contributed by atoms with E-state index in [0.717, 1.165) is 0 Å². The molecular formula is C22H20O3. The van der Waals surface area contributed by atoms with E-state index < -0.39 is 0 Å². The van der Waals surface area contributed by atoms with E-state index in [9.17, 15) is 9.59 Å². The molecule has 0 radical (unpaired) electrons. The van der Waals surface area contributed by atoms with Crippen molar-refractivity contribution in [1.82, 2.24) is 0 Å². The van der Waals surface area contributed by atoms with Crippen molar-refractivity contribution in [2.75, 3.05) is 0 Å². The normalized spacial score (nSPS) is 28.5. The second-order valence-corrected chi connectivity index (χ2v) is 7.88. The van der Waals surface area contributed by atoms with Crippen LogP contribution >= 0.6 is 0 Å². The third-order valence-electron chi connectivity index (χ3n) is 6.59. The van der Waals surface area contributed by atoms with E-state index in [1.807, 2.05) is 0 Å². The molecule has 25 heavy (non-hydrogen) atoms. The maximum absolute atomic E-state index is 12.5. The van der Waals surface area contributed by atoms with Gasteiger partial charge in [-0.25, -0.2) is 0 Å². The topological polar surface area (TPSA) is 43.4 Å². The zero-order valence-corrected chi connectivity index (χ0v) is 14.8. The molecule has 4 aliphatic rings. The van der Waals surface area contributed by atoms with Gasteiger partial charge in [-0.1, -0.05) is 24.3 Å². The average molecular weight is 332 g/mol. The minimum atomic E-state index is -0.373. The van der Waals surface area contributed by atoms with Crippen LogP contribution in [-0.4, -0.2) is 11.9 Å². The first-order valence-corrected chi connectivity index (χ1v) is 8.86. The number of esters is 2. The summed E-state index contributed by atoms with van der Waals surface area (Å²) in [6, 6.07) is 8.86. The van der Waals surface area contributed by atoms with Crippen LogP contribution in [0.2, 0.25) is 0 Å². The monoisotopic (exact) mass is 332 g/mol. The van der Waals surface area contributed by atoms with Crippen molar-refractivity contribution < 1.29 is 14.3 Å². The first kappa shape index (κ1) is 14.9. The molecular weight excluding hydrogens is 312 g/mol. The summed E-state index contributed by atoms with van der Waals surface area (Å²) in [4.78, 5) is 25.0. The molecule has 3 nitrogen and oxygen atoms in total. The lowest BCUT2D eigenvalue weighted by Gasteiger charge is -2.46. The van der Waals surface area contributed by atoms with Crippen molar-refractivity contribution in [3.8, 4) is 0 Å². The molecule has 2 bridgehead atoms. The summed E-state index contributed by atoms with van der Waals surface area (Å²) in [6.45, 7) is 8.42. The molecule has 3 aliphatic carbocycles. The molecule has 6 rings (SSSR count). The summed E-state index contributed by atoms with van der Waals surface area (Å²) in [5, 5.41) is 0. The lowest BCUT2D eigenvalue weighted by atomic mass is 9.54. The average Bonchev–Trinajstić information content (AvgIpc) is 2.85. The number of carbonyl (C=O) groups excluding carboxylic acids is 2. The van der Waals surface area contributed by atoms with Crippen LogP contribution in [0.25, 0.3) is 0 Å². The molecule has 0 amide bonds. The fourth-order valence-electron chi connectivity index (χ4n) is 5.12. The van der Waals surface area contributed by atoms with Crippen LogP contribution < -0.4 is 0 Å². The van der Waals surface area contributed by atoms with E-state index >= 15 is 0 Å². The van der Waals surface area contributed by atoms with E-state index in [1.54, 1.807) is 0 Å². The highest BCUT2D eigenvalue weighted by molar-refractivity contribution is 6.00. The summed E-state index contributed by atoms with van der Waals surface area (Å²) in [6.07, 6.45) is 0. The third-order valence-corrected chi connectivity index (χ3v) is 6.59. The second-order valence-electron chi connectivity index (χ2n) is 7.88. The summed E-state index contributed by atoms with van der Waals surface area (Å²) in [7, 11) is 0. The maximum Gasteiger partial charge on any atom is 0.318 e. The third kappa shape index (κ3) is 1.71.